The van der Waals surface area contributed by atoms with Gasteiger partial charge in [0.2, 0.25) is 0 Å². The molecule has 0 aliphatic carbocycles. The summed E-state index contributed by atoms with van der Waals surface area (Å²) in [6, 6.07) is 3.85. The fourth-order valence-corrected chi connectivity index (χ4v) is 1.55. The fraction of sp³-hybridized carbons (Fsp3) is 0.385. The lowest BCUT2D eigenvalue weighted by atomic mass is 10.1. The summed E-state index contributed by atoms with van der Waals surface area (Å²) in [5.74, 6) is -1.77. The molecule has 0 spiro atoms. The molecule has 104 valence electrons. The highest BCUT2D eigenvalue weighted by molar-refractivity contribution is 5.94. The predicted octanol–water partition coefficient (Wildman–Crippen LogP) is 1.47. The Labute approximate surface area is 110 Å². The SMILES string of the molecule is O=C(O)CCCCCNC(=O)c1ccc(O)c(O)c1. The van der Waals surface area contributed by atoms with Crippen LogP contribution in [0.15, 0.2) is 18.2 Å². The molecule has 6 nitrogen and oxygen atoms in total. The molecule has 1 aromatic carbocycles. The van der Waals surface area contributed by atoms with E-state index in [4.69, 9.17) is 10.2 Å². The lowest BCUT2D eigenvalue weighted by Gasteiger charge is -2.06. The number of aromatic hydroxyl groups is 2. The van der Waals surface area contributed by atoms with Gasteiger partial charge in [-0.2, -0.15) is 0 Å². The Morgan fingerprint density at radius 1 is 1.05 bits per heavy atom. The lowest BCUT2D eigenvalue weighted by molar-refractivity contribution is -0.137. The van der Waals surface area contributed by atoms with E-state index >= 15 is 0 Å². The molecule has 19 heavy (non-hydrogen) atoms. The van der Waals surface area contributed by atoms with E-state index in [0.717, 1.165) is 6.42 Å². The number of carboxylic acid groups (broad SMARTS) is 1. The maximum Gasteiger partial charge on any atom is 0.303 e. The summed E-state index contributed by atoms with van der Waals surface area (Å²) in [5, 5.41) is 29.5. The Hall–Kier alpha value is -2.24. The van der Waals surface area contributed by atoms with E-state index in [2.05, 4.69) is 5.32 Å². The van der Waals surface area contributed by atoms with Gasteiger partial charge in [0.25, 0.3) is 5.91 Å². The Bertz CT molecular complexity index is 458. The first kappa shape index (κ1) is 14.8. The molecule has 0 radical (unpaired) electrons. The minimum atomic E-state index is -0.816. The number of unbranched alkanes of at least 4 members (excludes halogenated alkanes) is 2. The molecular weight excluding hydrogens is 250 g/mol. The summed E-state index contributed by atoms with van der Waals surface area (Å²) in [5.41, 5.74) is 0.265. The van der Waals surface area contributed by atoms with Crippen LogP contribution in [0, 0.1) is 0 Å². The average molecular weight is 267 g/mol. The van der Waals surface area contributed by atoms with Gasteiger partial charge in [0.05, 0.1) is 0 Å². The Morgan fingerprint density at radius 3 is 2.42 bits per heavy atom. The van der Waals surface area contributed by atoms with Crippen molar-refractivity contribution in [2.24, 2.45) is 0 Å². The van der Waals surface area contributed by atoms with Crippen molar-refractivity contribution >= 4 is 11.9 Å². The normalized spacial score (nSPS) is 10.1. The number of hydrogen-bond acceptors (Lipinski definition) is 4. The van der Waals surface area contributed by atoms with Crippen LogP contribution in [0.3, 0.4) is 0 Å². The molecule has 0 bridgehead atoms. The molecule has 0 saturated heterocycles. The van der Waals surface area contributed by atoms with Gasteiger partial charge in [-0.05, 0) is 31.0 Å². The highest BCUT2D eigenvalue weighted by Crippen LogP contribution is 2.24. The standard InChI is InChI=1S/C13H17NO5/c15-10-6-5-9(8-11(10)16)13(19)14-7-3-1-2-4-12(17)18/h5-6,8,15-16H,1-4,7H2,(H,14,19)(H,17,18). The first-order chi connectivity index (χ1) is 9.00. The Balaban J connectivity index is 2.27. The average Bonchev–Trinajstić information content (AvgIpc) is 2.36. The Kier molecular flexibility index (Phi) is 5.66. The molecule has 0 saturated carbocycles. The largest absolute Gasteiger partial charge is 0.504 e. The van der Waals surface area contributed by atoms with E-state index < -0.39 is 5.97 Å². The third-order valence-corrected chi connectivity index (χ3v) is 2.59. The van der Waals surface area contributed by atoms with E-state index in [1.165, 1.54) is 18.2 Å². The van der Waals surface area contributed by atoms with Crippen LogP contribution in [0.1, 0.15) is 36.0 Å². The molecule has 0 aliphatic heterocycles. The minimum Gasteiger partial charge on any atom is -0.504 e. The number of hydrogen-bond donors (Lipinski definition) is 4. The van der Waals surface area contributed by atoms with Gasteiger partial charge in [0.15, 0.2) is 11.5 Å². The maximum absolute atomic E-state index is 11.7. The second-order valence-corrected chi connectivity index (χ2v) is 4.16. The summed E-state index contributed by atoms with van der Waals surface area (Å²) in [4.78, 5) is 21.9. The van der Waals surface area contributed by atoms with Crippen LogP contribution in [-0.4, -0.2) is 33.7 Å². The first-order valence-electron chi connectivity index (χ1n) is 6.02. The van der Waals surface area contributed by atoms with E-state index in [1.807, 2.05) is 0 Å². The quantitative estimate of drug-likeness (QED) is 0.442. The summed E-state index contributed by atoms with van der Waals surface area (Å²) in [6.45, 7) is 0.445. The van der Waals surface area contributed by atoms with Crippen LogP contribution in [0.2, 0.25) is 0 Å². The van der Waals surface area contributed by atoms with Gasteiger partial charge < -0.3 is 20.6 Å². The zero-order valence-electron chi connectivity index (χ0n) is 10.4. The van der Waals surface area contributed by atoms with E-state index in [1.54, 1.807) is 0 Å². The van der Waals surface area contributed by atoms with Crippen molar-refractivity contribution in [1.29, 1.82) is 0 Å². The van der Waals surface area contributed by atoms with Crippen LogP contribution in [-0.2, 0) is 4.79 Å². The van der Waals surface area contributed by atoms with Crippen molar-refractivity contribution in [3.8, 4) is 11.5 Å². The zero-order chi connectivity index (χ0) is 14.3. The second-order valence-electron chi connectivity index (χ2n) is 4.16. The van der Waals surface area contributed by atoms with Crippen LogP contribution < -0.4 is 5.32 Å². The fourth-order valence-electron chi connectivity index (χ4n) is 1.55. The van der Waals surface area contributed by atoms with Gasteiger partial charge in [-0.25, -0.2) is 0 Å². The third-order valence-electron chi connectivity index (χ3n) is 2.59. The molecule has 0 heterocycles. The van der Waals surface area contributed by atoms with Gasteiger partial charge in [-0.1, -0.05) is 6.42 Å². The topological polar surface area (TPSA) is 107 Å². The van der Waals surface area contributed by atoms with Crippen LogP contribution in [0.25, 0.3) is 0 Å². The minimum absolute atomic E-state index is 0.139. The highest BCUT2D eigenvalue weighted by Gasteiger charge is 2.07. The van der Waals surface area contributed by atoms with Gasteiger partial charge in [0.1, 0.15) is 0 Å². The summed E-state index contributed by atoms with van der Waals surface area (Å²) >= 11 is 0. The number of amides is 1. The molecular formula is C13H17NO5. The van der Waals surface area contributed by atoms with E-state index in [-0.39, 0.29) is 29.4 Å². The summed E-state index contributed by atoms with van der Waals surface area (Å²) < 4.78 is 0. The van der Waals surface area contributed by atoms with Crippen molar-refractivity contribution < 1.29 is 24.9 Å². The lowest BCUT2D eigenvalue weighted by Crippen LogP contribution is -2.24. The van der Waals surface area contributed by atoms with Crippen LogP contribution in [0.5, 0.6) is 11.5 Å². The number of nitrogens with one attached hydrogen (secondary N) is 1. The molecule has 1 aromatic rings. The number of phenols is 2. The van der Waals surface area contributed by atoms with Crippen molar-refractivity contribution in [2.45, 2.75) is 25.7 Å². The molecule has 1 rings (SSSR count). The zero-order valence-corrected chi connectivity index (χ0v) is 10.4. The molecule has 0 aromatic heterocycles. The third kappa shape index (κ3) is 5.29. The second kappa shape index (κ2) is 7.25. The van der Waals surface area contributed by atoms with Gasteiger partial charge in [-0.3, -0.25) is 9.59 Å². The number of benzene rings is 1. The van der Waals surface area contributed by atoms with Gasteiger partial charge in [-0.15, -0.1) is 0 Å². The number of carboxylic acids is 1. The molecule has 6 heteroatoms. The predicted molar refractivity (Wildman–Crippen MR) is 68.2 cm³/mol. The van der Waals surface area contributed by atoms with Crippen molar-refractivity contribution in [3.63, 3.8) is 0 Å². The van der Waals surface area contributed by atoms with Gasteiger partial charge >= 0.3 is 5.97 Å². The smallest absolute Gasteiger partial charge is 0.303 e. The molecule has 0 unspecified atom stereocenters. The van der Waals surface area contributed by atoms with Crippen LogP contribution >= 0.6 is 0 Å². The maximum atomic E-state index is 11.7. The number of rotatable bonds is 7. The highest BCUT2D eigenvalue weighted by atomic mass is 16.4. The van der Waals surface area contributed by atoms with Crippen molar-refractivity contribution in [1.82, 2.24) is 5.32 Å². The molecule has 4 N–H and O–H groups in total. The first-order valence-corrected chi connectivity index (χ1v) is 6.02. The summed E-state index contributed by atoms with van der Waals surface area (Å²) in [7, 11) is 0. The van der Waals surface area contributed by atoms with Gasteiger partial charge in [0, 0.05) is 18.5 Å². The van der Waals surface area contributed by atoms with Crippen LogP contribution in [0.4, 0.5) is 0 Å². The summed E-state index contributed by atoms with van der Waals surface area (Å²) in [6.07, 6.45) is 2.15. The molecule has 1 amide bonds. The molecule has 0 aliphatic rings. The number of carbonyl (C=O) groups excluding carboxylic acids is 1. The van der Waals surface area contributed by atoms with E-state index in [9.17, 15) is 14.7 Å². The van der Waals surface area contributed by atoms with E-state index in [0.29, 0.717) is 19.4 Å². The van der Waals surface area contributed by atoms with Crippen molar-refractivity contribution in [3.05, 3.63) is 23.8 Å². The number of carbonyl (C=O) groups is 2. The van der Waals surface area contributed by atoms with Crippen molar-refractivity contribution in [2.75, 3.05) is 6.54 Å². The Morgan fingerprint density at radius 2 is 1.79 bits per heavy atom. The monoisotopic (exact) mass is 267 g/mol. The number of phenolic OH excluding ortho intramolecular Hbond substituents is 2. The molecule has 0 atom stereocenters. The number of aliphatic carboxylic acids is 1. The molecule has 0 fully saturated rings.